The van der Waals surface area contributed by atoms with Crippen molar-refractivity contribution in [3.63, 3.8) is 0 Å². The van der Waals surface area contributed by atoms with Crippen molar-refractivity contribution in [2.24, 2.45) is 0 Å². The summed E-state index contributed by atoms with van der Waals surface area (Å²) in [7, 11) is -3.64. The van der Waals surface area contributed by atoms with Gasteiger partial charge in [-0.1, -0.05) is 30.3 Å². The second-order valence-electron chi connectivity index (χ2n) is 6.33. The Bertz CT molecular complexity index is 912. The average molecular weight is 387 g/mol. The average Bonchev–Trinajstić information content (AvgIpc) is 3.05. The third kappa shape index (κ3) is 4.91. The molecular weight excluding hydrogens is 366 g/mol. The fourth-order valence-corrected chi connectivity index (χ4v) is 3.98. The second-order valence-corrected chi connectivity index (χ2v) is 8.09. The molecule has 0 aromatic heterocycles. The molecule has 1 heterocycles. The molecule has 0 spiro atoms. The van der Waals surface area contributed by atoms with Crippen LogP contribution in [0, 0.1) is 11.3 Å². The van der Waals surface area contributed by atoms with Crippen molar-refractivity contribution in [1.82, 2.24) is 10.0 Å². The van der Waals surface area contributed by atoms with Crippen molar-refractivity contribution in [2.45, 2.75) is 29.7 Å². The lowest BCUT2D eigenvalue weighted by Crippen LogP contribution is -2.44. The van der Waals surface area contributed by atoms with E-state index >= 15 is 0 Å². The Hall–Kier alpha value is -2.28. The van der Waals surface area contributed by atoms with Gasteiger partial charge in [-0.15, -0.1) is 0 Å². The quantitative estimate of drug-likeness (QED) is 0.647. The number of aliphatic hydroxyl groups is 1. The summed E-state index contributed by atoms with van der Waals surface area (Å²) in [5, 5.41) is 22.6. The summed E-state index contributed by atoms with van der Waals surface area (Å²) in [5.74, 6) is 0. The van der Waals surface area contributed by atoms with Crippen LogP contribution in [0.5, 0.6) is 0 Å². The van der Waals surface area contributed by atoms with E-state index in [0.29, 0.717) is 12.1 Å². The van der Waals surface area contributed by atoms with Gasteiger partial charge in [0.1, 0.15) is 0 Å². The number of hydrogen-bond acceptors (Lipinski definition) is 6. The van der Waals surface area contributed by atoms with E-state index < -0.39 is 22.2 Å². The molecule has 3 rings (SSSR count). The Balaban J connectivity index is 1.52. The van der Waals surface area contributed by atoms with Crippen LogP contribution in [0.1, 0.15) is 11.1 Å². The van der Waals surface area contributed by atoms with Crippen molar-refractivity contribution in [3.05, 3.63) is 65.7 Å². The number of nitrogens with zero attached hydrogens (tertiary/aromatic N) is 1. The van der Waals surface area contributed by atoms with Gasteiger partial charge in [0.2, 0.25) is 10.0 Å². The predicted octanol–water partition coefficient (Wildman–Crippen LogP) is 0.755. The van der Waals surface area contributed by atoms with Crippen LogP contribution in [0.2, 0.25) is 0 Å². The second kappa shape index (κ2) is 8.61. The molecule has 0 aliphatic carbocycles. The maximum absolute atomic E-state index is 12.3. The van der Waals surface area contributed by atoms with Crippen molar-refractivity contribution < 1.29 is 18.3 Å². The zero-order chi connectivity index (χ0) is 19.3. The van der Waals surface area contributed by atoms with Gasteiger partial charge in [-0.05, 0) is 29.8 Å². The summed E-state index contributed by atoms with van der Waals surface area (Å²) in [6.07, 6.45) is -1.48. The molecule has 27 heavy (non-hydrogen) atoms. The lowest BCUT2D eigenvalue weighted by molar-refractivity contribution is 0.0443. The highest BCUT2D eigenvalue weighted by molar-refractivity contribution is 7.89. The molecule has 8 heteroatoms. The minimum Gasteiger partial charge on any atom is -0.389 e. The maximum atomic E-state index is 12.3. The molecule has 7 nitrogen and oxygen atoms in total. The van der Waals surface area contributed by atoms with Crippen LogP contribution in [0.3, 0.4) is 0 Å². The SMILES string of the molecule is N#Cc1cccc(CN[C@@H]2CO[C@H](CNS(=O)(=O)c3ccccc3)[C@H]2O)c1. The van der Waals surface area contributed by atoms with Gasteiger partial charge in [0.05, 0.1) is 41.4 Å². The zero-order valence-corrected chi connectivity index (χ0v) is 15.4. The highest BCUT2D eigenvalue weighted by Crippen LogP contribution is 2.16. The highest BCUT2D eigenvalue weighted by Gasteiger charge is 2.36. The summed E-state index contributed by atoms with van der Waals surface area (Å²) < 4.78 is 32.5. The molecule has 0 amide bonds. The number of nitrogens with one attached hydrogen (secondary N) is 2. The van der Waals surface area contributed by atoms with Crippen molar-refractivity contribution in [1.29, 1.82) is 5.26 Å². The van der Waals surface area contributed by atoms with Crippen molar-refractivity contribution in [3.8, 4) is 6.07 Å². The van der Waals surface area contributed by atoms with Gasteiger partial charge in [-0.25, -0.2) is 13.1 Å². The van der Waals surface area contributed by atoms with Gasteiger partial charge in [0.25, 0.3) is 0 Å². The maximum Gasteiger partial charge on any atom is 0.240 e. The number of aliphatic hydroxyl groups excluding tert-OH is 1. The van der Waals surface area contributed by atoms with E-state index in [1.165, 1.54) is 12.1 Å². The monoisotopic (exact) mass is 387 g/mol. The van der Waals surface area contributed by atoms with Gasteiger partial charge in [0, 0.05) is 13.1 Å². The number of hydrogen-bond donors (Lipinski definition) is 3. The Morgan fingerprint density at radius 1 is 1.19 bits per heavy atom. The summed E-state index contributed by atoms with van der Waals surface area (Å²) in [5.41, 5.74) is 1.50. The Kier molecular flexibility index (Phi) is 6.21. The largest absolute Gasteiger partial charge is 0.389 e. The molecule has 1 aliphatic heterocycles. The number of ether oxygens (including phenoxy) is 1. The molecule has 0 saturated carbocycles. The van der Waals surface area contributed by atoms with E-state index in [1.54, 1.807) is 36.4 Å². The first-order valence-electron chi connectivity index (χ1n) is 8.56. The van der Waals surface area contributed by atoms with Crippen LogP contribution in [0.25, 0.3) is 0 Å². The van der Waals surface area contributed by atoms with E-state index in [-0.39, 0.29) is 24.1 Å². The Morgan fingerprint density at radius 2 is 1.96 bits per heavy atom. The Morgan fingerprint density at radius 3 is 2.70 bits per heavy atom. The van der Waals surface area contributed by atoms with E-state index in [1.807, 2.05) is 6.07 Å². The fourth-order valence-electron chi connectivity index (χ4n) is 2.92. The first kappa shape index (κ1) is 19.5. The lowest BCUT2D eigenvalue weighted by Gasteiger charge is -2.19. The molecule has 3 atom stereocenters. The van der Waals surface area contributed by atoms with Crippen molar-refractivity contribution in [2.75, 3.05) is 13.2 Å². The first-order chi connectivity index (χ1) is 13.0. The van der Waals surface area contributed by atoms with E-state index in [4.69, 9.17) is 10.00 Å². The van der Waals surface area contributed by atoms with Gasteiger partial charge in [-0.2, -0.15) is 5.26 Å². The molecule has 142 valence electrons. The first-order valence-corrected chi connectivity index (χ1v) is 10.0. The van der Waals surface area contributed by atoms with Crippen LogP contribution in [-0.4, -0.2) is 44.9 Å². The molecular formula is C19H21N3O4S. The molecule has 1 saturated heterocycles. The number of rotatable bonds is 7. The number of benzene rings is 2. The number of nitriles is 1. The molecule has 0 unspecified atom stereocenters. The lowest BCUT2D eigenvalue weighted by atomic mass is 10.1. The highest BCUT2D eigenvalue weighted by atomic mass is 32.2. The minimum atomic E-state index is -3.64. The van der Waals surface area contributed by atoms with E-state index in [2.05, 4.69) is 16.1 Å². The summed E-state index contributed by atoms with van der Waals surface area (Å²) in [6.45, 7) is 0.737. The van der Waals surface area contributed by atoms with Crippen LogP contribution in [0.15, 0.2) is 59.5 Å². The summed E-state index contributed by atoms with van der Waals surface area (Å²) in [6, 6.07) is 17.0. The minimum absolute atomic E-state index is 0.0134. The summed E-state index contributed by atoms with van der Waals surface area (Å²) in [4.78, 5) is 0.171. The third-order valence-electron chi connectivity index (χ3n) is 4.44. The molecule has 1 aliphatic rings. The summed E-state index contributed by atoms with van der Waals surface area (Å²) >= 11 is 0. The van der Waals surface area contributed by atoms with Gasteiger partial charge >= 0.3 is 0 Å². The van der Waals surface area contributed by atoms with Crippen molar-refractivity contribution >= 4 is 10.0 Å². The van der Waals surface area contributed by atoms with E-state index in [0.717, 1.165) is 5.56 Å². The third-order valence-corrected chi connectivity index (χ3v) is 5.88. The molecule has 1 fully saturated rings. The zero-order valence-electron chi connectivity index (χ0n) is 14.6. The molecule has 3 N–H and O–H groups in total. The normalized spacial score (nSPS) is 22.4. The van der Waals surface area contributed by atoms with Crippen LogP contribution in [-0.2, 0) is 21.3 Å². The molecule has 2 aromatic carbocycles. The smallest absolute Gasteiger partial charge is 0.240 e. The fraction of sp³-hybridized carbons (Fsp3) is 0.316. The van der Waals surface area contributed by atoms with Crippen LogP contribution in [0.4, 0.5) is 0 Å². The van der Waals surface area contributed by atoms with Gasteiger partial charge in [-0.3, -0.25) is 0 Å². The topological polar surface area (TPSA) is 111 Å². The van der Waals surface area contributed by atoms with Crippen LogP contribution < -0.4 is 10.0 Å². The van der Waals surface area contributed by atoms with Crippen LogP contribution >= 0.6 is 0 Å². The molecule has 0 radical (unpaired) electrons. The molecule has 0 bridgehead atoms. The predicted molar refractivity (Wildman–Crippen MR) is 99.2 cm³/mol. The van der Waals surface area contributed by atoms with Gasteiger partial charge < -0.3 is 15.2 Å². The standard InChI is InChI=1S/C19H21N3O4S/c20-10-14-5-4-6-15(9-14)11-21-17-13-26-18(19(17)23)12-22-27(24,25)16-7-2-1-3-8-16/h1-9,17-19,21-23H,11-13H2/t17-,18-,19+/m1/s1. The van der Waals surface area contributed by atoms with E-state index in [9.17, 15) is 13.5 Å². The number of sulfonamides is 1. The molecule has 2 aromatic rings. The van der Waals surface area contributed by atoms with Gasteiger partial charge in [0.15, 0.2) is 0 Å². The Labute approximate surface area is 158 Å².